The number of nitrogens with zero attached hydrogens (tertiary/aromatic N) is 3. The lowest BCUT2D eigenvalue weighted by Gasteiger charge is -2.35. The van der Waals surface area contributed by atoms with Crippen LogP contribution in [0.4, 0.5) is 5.69 Å². The lowest BCUT2D eigenvalue weighted by molar-refractivity contribution is 0.0514. The van der Waals surface area contributed by atoms with Crippen LogP contribution in [-0.2, 0) is 14.8 Å². The van der Waals surface area contributed by atoms with Crippen LogP contribution < -0.4 is 4.90 Å². The Morgan fingerprint density at radius 2 is 1.79 bits per heavy atom. The molecule has 1 aromatic carbocycles. The van der Waals surface area contributed by atoms with Crippen molar-refractivity contribution in [3.05, 3.63) is 53.7 Å². The topological polar surface area (TPSA) is 110 Å². The standard InChI is InChI=1S/C22H23N3O6S2/c1-3-30-22(27)18-14-19(31-23-18)20-8-9-21(32-20)33(28,29)25-12-10-24(11-13-25)17-6-4-16(5-7-17)15(2)26/h4-9,14H,3,10-13H2,1-2H3. The summed E-state index contributed by atoms with van der Waals surface area (Å²) in [5, 5.41) is 3.70. The summed E-state index contributed by atoms with van der Waals surface area (Å²) in [4.78, 5) is 25.9. The number of rotatable bonds is 7. The maximum Gasteiger partial charge on any atom is 0.360 e. The van der Waals surface area contributed by atoms with Gasteiger partial charge in [0.2, 0.25) is 0 Å². The Hall–Kier alpha value is -3.02. The summed E-state index contributed by atoms with van der Waals surface area (Å²) in [6.45, 7) is 5.22. The zero-order valence-electron chi connectivity index (χ0n) is 18.2. The number of Topliss-reactive ketones (excluding diaryl/α,β-unsaturated/α-hetero) is 1. The second-order valence-corrected chi connectivity index (χ2v) is 10.7. The number of ether oxygens (including phenoxy) is 1. The molecule has 0 amide bonds. The van der Waals surface area contributed by atoms with E-state index in [0.29, 0.717) is 42.4 Å². The lowest BCUT2D eigenvalue weighted by atomic mass is 10.1. The number of esters is 1. The molecule has 0 radical (unpaired) electrons. The average molecular weight is 490 g/mol. The quantitative estimate of drug-likeness (QED) is 0.367. The Labute approximate surface area is 195 Å². The van der Waals surface area contributed by atoms with Crippen molar-refractivity contribution in [2.45, 2.75) is 18.1 Å². The molecule has 33 heavy (non-hydrogen) atoms. The fourth-order valence-electron chi connectivity index (χ4n) is 3.50. The van der Waals surface area contributed by atoms with E-state index >= 15 is 0 Å². The van der Waals surface area contributed by atoms with Crippen LogP contribution in [-0.4, -0.2) is 62.4 Å². The number of ketones is 1. The van der Waals surface area contributed by atoms with Crippen molar-refractivity contribution in [3.63, 3.8) is 0 Å². The molecule has 1 aliphatic heterocycles. The van der Waals surface area contributed by atoms with E-state index < -0.39 is 16.0 Å². The highest BCUT2D eigenvalue weighted by Crippen LogP contribution is 2.33. The molecular formula is C22H23N3O6S2. The Morgan fingerprint density at radius 1 is 1.09 bits per heavy atom. The van der Waals surface area contributed by atoms with Crippen LogP contribution in [0.2, 0.25) is 0 Å². The Bertz CT molecular complexity index is 1260. The van der Waals surface area contributed by atoms with Gasteiger partial charge in [-0.1, -0.05) is 5.16 Å². The number of sulfonamides is 1. The molecule has 4 rings (SSSR count). The highest BCUT2D eigenvalue weighted by atomic mass is 32.2. The molecule has 0 unspecified atom stereocenters. The first kappa shape index (κ1) is 23.1. The smallest absolute Gasteiger partial charge is 0.360 e. The van der Waals surface area contributed by atoms with Gasteiger partial charge in [-0.3, -0.25) is 4.79 Å². The van der Waals surface area contributed by atoms with E-state index in [4.69, 9.17) is 9.26 Å². The third kappa shape index (κ3) is 4.85. The number of hydrogen-bond acceptors (Lipinski definition) is 9. The first-order valence-electron chi connectivity index (χ1n) is 10.4. The van der Waals surface area contributed by atoms with Gasteiger partial charge in [0.1, 0.15) is 4.21 Å². The minimum absolute atomic E-state index is 0.00947. The zero-order valence-corrected chi connectivity index (χ0v) is 19.8. The Kier molecular flexibility index (Phi) is 6.63. The highest BCUT2D eigenvalue weighted by molar-refractivity contribution is 7.91. The summed E-state index contributed by atoms with van der Waals surface area (Å²) in [5.74, 6) is -0.274. The maximum absolute atomic E-state index is 13.2. The molecule has 0 N–H and O–H groups in total. The van der Waals surface area contributed by atoms with Crippen LogP contribution in [0.25, 0.3) is 10.6 Å². The van der Waals surface area contributed by atoms with Crippen molar-refractivity contribution in [1.82, 2.24) is 9.46 Å². The van der Waals surface area contributed by atoms with Gasteiger partial charge in [0.25, 0.3) is 10.0 Å². The van der Waals surface area contributed by atoms with Crippen LogP contribution in [0.1, 0.15) is 34.7 Å². The molecule has 174 valence electrons. The normalized spacial score (nSPS) is 14.9. The third-order valence-electron chi connectivity index (χ3n) is 5.29. The van der Waals surface area contributed by atoms with Crippen LogP contribution >= 0.6 is 11.3 Å². The molecule has 0 spiro atoms. The van der Waals surface area contributed by atoms with E-state index in [1.165, 1.54) is 23.4 Å². The number of carbonyl (C=O) groups is 2. The zero-order chi connectivity index (χ0) is 23.6. The molecule has 9 nitrogen and oxygen atoms in total. The second-order valence-electron chi connectivity index (χ2n) is 7.41. The second kappa shape index (κ2) is 9.46. The van der Waals surface area contributed by atoms with Crippen molar-refractivity contribution >= 4 is 38.8 Å². The predicted octanol–water partition coefficient (Wildman–Crippen LogP) is 3.29. The van der Waals surface area contributed by atoms with Gasteiger partial charge >= 0.3 is 5.97 Å². The monoisotopic (exact) mass is 489 g/mol. The van der Waals surface area contributed by atoms with Crippen molar-refractivity contribution in [2.75, 3.05) is 37.7 Å². The molecule has 2 aromatic heterocycles. The number of thiophene rings is 1. The van der Waals surface area contributed by atoms with Crippen molar-refractivity contribution < 1.29 is 27.3 Å². The number of benzene rings is 1. The largest absolute Gasteiger partial charge is 0.461 e. The van der Waals surface area contributed by atoms with E-state index in [1.54, 1.807) is 25.1 Å². The minimum Gasteiger partial charge on any atom is -0.461 e. The van der Waals surface area contributed by atoms with Gasteiger partial charge in [-0.15, -0.1) is 11.3 Å². The van der Waals surface area contributed by atoms with Gasteiger partial charge in [-0.2, -0.15) is 4.31 Å². The van der Waals surface area contributed by atoms with E-state index in [1.807, 2.05) is 12.1 Å². The predicted molar refractivity (Wildman–Crippen MR) is 123 cm³/mol. The van der Waals surface area contributed by atoms with Crippen LogP contribution in [0.15, 0.2) is 51.2 Å². The van der Waals surface area contributed by atoms with Crippen LogP contribution in [0.3, 0.4) is 0 Å². The number of aromatic nitrogens is 1. The highest BCUT2D eigenvalue weighted by Gasteiger charge is 2.30. The van der Waals surface area contributed by atoms with E-state index in [0.717, 1.165) is 17.0 Å². The molecular weight excluding hydrogens is 466 g/mol. The van der Waals surface area contributed by atoms with Gasteiger partial charge in [-0.05, 0) is 50.2 Å². The fraction of sp³-hybridized carbons (Fsp3) is 0.318. The maximum atomic E-state index is 13.2. The summed E-state index contributed by atoms with van der Waals surface area (Å²) in [6.07, 6.45) is 0. The summed E-state index contributed by atoms with van der Waals surface area (Å²) in [7, 11) is -3.66. The molecule has 0 bridgehead atoms. The van der Waals surface area contributed by atoms with Crippen molar-refractivity contribution in [3.8, 4) is 10.6 Å². The number of anilines is 1. The molecule has 1 fully saturated rings. The molecule has 3 heterocycles. The summed E-state index contributed by atoms with van der Waals surface area (Å²) < 4.78 is 38.1. The van der Waals surface area contributed by atoms with Crippen LogP contribution in [0.5, 0.6) is 0 Å². The molecule has 0 aliphatic carbocycles. The van der Waals surface area contributed by atoms with Gasteiger partial charge in [-0.25, -0.2) is 13.2 Å². The molecule has 3 aromatic rings. The number of carbonyl (C=O) groups excluding carboxylic acids is 2. The minimum atomic E-state index is -3.66. The molecule has 1 saturated heterocycles. The average Bonchev–Trinajstić information content (AvgIpc) is 3.50. The van der Waals surface area contributed by atoms with E-state index in [-0.39, 0.29) is 22.3 Å². The molecule has 0 atom stereocenters. The molecule has 0 saturated carbocycles. The first-order valence-corrected chi connectivity index (χ1v) is 12.7. The van der Waals surface area contributed by atoms with E-state index in [2.05, 4.69) is 10.1 Å². The number of hydrogen-bond donors (Lipinski definition) is 0. The first-order chi connectivity index (χ1) is 15.8. The Morgan fingerprint density at radius 3 is 2.42 bits per heavy atom. The van der Waals surface area contributed by atoms with Gasteiger partial charge in [0, 0.05) is 43.5 Å². The fourth-order valence-corrected chi connectivity index (χ4v) is 6.34. The SMILES string of the molecule is CCOC(=O)c1cc(-c2ccc(S(=O)(=O)N3CCN(c4ccc(C(C)=O)cc4)CC3)s2)on1. The Balaban J connectivity index is 1.43. The summed E-state index contributed by atoms with van der Waals surface area (Å²) in [6, 6.07) is 11.9. The summed E-state index contributed by atoms with van der Waals surface area (Å²) in [5.41, 5.74) is 1.64. The third-order valence-corrected chi connectivity index (χ3v) is 8.76. The number of piperazine rings is 1. The molecule has 11 heteroatoms. The van der Waals surface area contributed by atoms with Gasteiger partial charge < -0.3 is 14.2 Å². The molecule has 1 aliphatic rings. The van der Waals surface area contributed by atoms with Crippen molar-refractivity contribution in [1.29, 1.82) is 0 Å². The lowest BCUT2D eigenvalue weighted by Crippen LogP contribution is -2.48. The van der Waals surface area contributed by atoms with Gasteiger partial charge in [0.15, 0.2) is 17.2 Å². The van der Waals surface area contributed by atoms with Gasteiger partial charge in [0.05, 0.1) is 11.5 Å². The summed E-state index contributed by atoms with van der Waals surface area (Å²) >= 11 is 1.07. The van der Waals surface area contributed by atoms with Crippen LogP contribution in [0, 0.1) is 0 Å². The van der Waals surface area contributed by atoms with E-state index in [9.17, 15) is 18.0 Å². The van der Waals surface area contributed by atoms with Crippen molar-refractivity contribution in [2.24, 2.45) is 0 Å².